The van der Waals surface area contributed by atoms with Crippen molar-refractivity contribution in [2.45, 2.75) is 63.2 Å². The molecule has 0 N–H and O–H groups in total. The highest BCUT2D eigenvalue weighted by molar-refractivity contribution is 9.09. The highest BCUT2D eigenvalue weighted by Gasteiger charge is 2.33. The first-order valence-electron chi connectivity index (χ1n) is 11.8. The Balaban J connectivity index is 0.000000280. The quantitative estimate of drug-likeness (QED) is 0.229. The summed E-state index contributed by atoms with van der Waals surface area (Å²) in [5, 5.41) is 20.1. The second-order valence-electron chi connectivity index (χ2n) is 8.10. The third kappa shape index (κ3) is 10.9. The van der Waals surface area contributed by atoms with Crippen LogP contribution in [0.5, 0.6) is 11.5 Å². The number of hydrogen-bond donors (Lipinski definition) is 0. The summed E-state index contributed by atoms with van der Waals surface area (Å²) in [6.45, 7) is 0. The van der Waals surface area contributed by atoms with E-state index in [1.54, 1.807) is 14.2 Å². The van der Waals surface area contributed by atoms with Gasteiger partial charge in [-0.2, -0.15) is 10.5 Å². The van der Waals surface area contributed by atoms with Crippen LogP contribution in [-0.4, -0.2) is 24.9 Å². The maximum Gasteiger partial charge on any atom is 0.118 e. The van der Waals surface area contributed by atoms with Gasteiger partial charge in [0, 0.05) is 10.7 Å². The SMILES string of the molecule is BrCCCCCBr.COc1ccc(C2(C#N)CCCCC2)cc1.COc1ccc(CC#N)cc1. The molecule has 0 radical (unpaired) electrons. The topological polar surface area (TPSA) is 66.0 Å². The number of halogens is 2. The van der Waals surface area contributed by atoms with Crippen LogP contribution in [0.2, 0.25) is 0 Å². The number of methoxy groups -OCH3 is 2. The summed E-state index contributed by atoms with van der Waals surface area (Å²) in [6, 6.07) is 20.1. The Morgan fingerprint density at radius 1 is 0.765 bits per heavy atom. The van der Waals surface area contributed by atoms with Crippen molar-refractivity contribution in [3.63, 3.8) is 0 Å². The third-order valence-electron chi connectivity index (χ3n) is 5.77. The molecule has 0 heterocycles. The van der Waals surface area contributed by atoms with Gasteiger partial charge in [-0.05, 0) is 61.1 Å². The summed E-state index contributed by atoms with van der Waals surface area (Å²) in [7, 11) is 3.29. The van der Waals surface area contributed by atoms with Gasteiger partial charge in [0.05, 0.1) is 38.2 Å². The fourth-order valence-electron chi connectivity index (χ4n) is 3.73. The van der Waals surface area contributed by atoms with Gasteiger partial charge in [0.1, 0.15) is 11.5 Å². The summed E-state index contributed by atoms with van der Waals surface area (Å²) in [5.41, 5.74) is 1.92. The van der Waals surface area contributed by atoms with E-state index < -0.39 is 0 Å². The number of rotatable bonds is 8. The van der Waals surface area contributed by atoms with E-state index in [2.05, 4.69) is 44.0 Å². The molecule has 1 fully saturated rings. The van der Waals surface area contributed by atoms with Crippen LogP contribution in [0, 0.1) is 22.7 Å². The van der Waals surface area contributed by atoms with Gasteiger partial charge in [-0.3, -0.25) is 0 Å². The largest absolute Gasteiger partial charge is 0.497 e. The van der Waals surface area contributed by atoms with Crippen LogP contribution >= 0.6 is 31.9 Å². The fraction of sp³-hybridized carbons (Fsp3) is 0.500. The van der Waals surface area contributed by atoms with Crippen molar-refractivity contribution >= 4 is 31.9 Å². The van der Waals surface area contributed by atoms with Crippen molar-refractivity contribution in [2.75, 3.05) is 24.9 Å². The smallest absolute Gasteiger partial charge is 0.118 e. The van der Waals surface area contributed by atoms with Gasteiger partial charge in [0.25, 0.3) is 0 Å². The molecule has 0 spiro atoms. The average Bonchev–Trinajstić information content (AvgIpc) is 2.91. The van der Waals surface area contributed by atoms with Gasteiger partial charge in [0.2, 0.25) is 0 Å². The maximum absolute atomic E-state index is 9.44. The number of hydrogen-bond acceptors (Lipinski definition) is 4. The Labute approximate surface area is 222 Å². The number of benzene rings is 2. The van der Waals surface area contributed by atoms with Crippen LogP contribution in [-0.2, 0) is 11.8 Å². The number of unbranched alkanes of at least 4 members (excludes halogenated alkanes) is 2. The van der Waals surface area contributed by atoms with E-state index >= 15 is 0 Å². The lowest BCUT2D eigenvalue weighted by Gasteiger charge is -2.31. The zero-order valence-electron chi connectivity index (χ0n) is 20.4. The minimum absolute atomic E-state index is 0.246. The minimum Gasteiger partial charge on any atom is -0.497 e. The maximum atomic E-state index is 9.44. The lowest BCUT2D eigenvalue weighted by atomic mass is 9.70. The zero-order chi connectivity index (χ0) is 25.1. The molecule has 4 nitrogen and oxygen atoms in total. The first-order chi connectivity index (χ1) is 16.6. The molecule has 2 aromatic rings. The second-order valence-corrected chi connectivity index (χ2v) is 9.69. The molecule has 1 aliphatic carbocycles. The van der Waals surface area contributed by atoms with E-state index in [0.29, 0.717) is 6.42 Å². The summed E-state index contributed by atoms with van der Waals surface area (Å²) in [4.78, 5) is 0. The number of alkyl halides is 2. The molecular formula is C28H36Br2N2O2. The molecule has 0 amide bonds. The molecule has 3 rings (SSSR count). The number of ether oxygens (including phenoxy) is 2. The Morgan fingerprint density at radius 3 is 1.68 bits per heavy atom. The molecule has 1 saturated carbocycles. The predicted molar refractivity (Wildman–Crippen MR) is 147 cm³/mol. The highest BCUT2D eigenvalue weighted by Crippen LogP contribution is 2.39. The number of nitrogens with zero attached hydrogens (tertiary/aromatic N) is 2. The number of nitriles is 2. The van der Waals surface area contributed by atoms with Gasteiger partial charge < -0.3 is 9.47 Å². The minimum atomic E-state index is -0.246. The Morgan fingerprint density at radius 2 is 1.26 bits per heavy atom. The zero-order valence-corrected chi connectivity index (χ0v) is 23.5. The van der Waals surface area contributed by atoms with E-state index in [0.717, 1.165) is 46.1 Å². The third-order valence-corrected chi connectivity index (χ3v) is 6.89. The van der Waals surface area contributed by atoms with Crippen LogP contribution in [0.15, 0.2) is 48.5 Å². The molecule has 34 heavy (non-hydrogen) atoms. The first kappa shape index (κ1) is 30.0. The summed E-state index contributed by atoms with van der Waals surface area (Å²) >= 11 is 6.73. The van der Waals surface area contributed by atoms with Crippen LogP contribution in [0.1, 0.15) is 62.5 Å². The lowest BCUT2D eigenvalue weighted by Crippen LogP contribution is -2.26. The molecule has 0 unspecified atom stereocenters. The van der Waals surface area contributed by atoms with E-state index in [4.69, 9.17) is 14.7 Å². The van der Waals surface area contributed by atoms with E-state index in [1.807, 2.05) is 48.5 Å². The lowest BCUT2D eigenvalue weighted by molar-refractivity contribution is 0.365. The van der Waals surface area contributed by atoms with Crippen molar-refractivity contribution in [2.24, 2.45) is 0 Å². The van der Waals surface area contributed by atoms with Gasteiger partial charge in [-0.25, -0.2) is 0 Å². The molecular weight excluding hydrogens is 556 g/mol. The highest BCUT2D eigenvalue weighted by atomic mass is 79.9. The van der Waals surface area contributed by atoms with Gasteiger partial charge in [0.15, 0.2) is 0 Å². The van der Waals surface area contributed by atoms with E-state index in [9.17, 15) is 5.26 Å². The van der Waals surface area contributed by atoms with Crippen LogP contribution < -0.4 is 9.47 Å². The van der Waals surface area contributed by atoms with Gasteiger partial charge in [-0.15, -0.1) is 0 Å². The van der Waals surface area contributed by atoms with Crippen LogP contribution in [0.4, 0.5) is 0 Å². The average molecular weight is 592 g/mol. The monoisotopic (exact) mass is 590 g/mol. The molecule has 6 heteroatoms. The van der Waals surface area contributed by atoms with E-state index in [-0.39, 0.29) is 5.41 Å². The van der Waals surface area contributed by atoms with Crippen molar-refractivity contribution in [1.82, 2.24) is 0 Å². The predicted octanol–water partition coefficient (Wildman–Crippen LogP) is 8.13. The Bertz CT molecular complexity index is 861. The van der Waals surface area contributed by atoms with Crippen molar-refractivity contribution < 1.29 is 9.47 Å². The second kappa shape index (κ2) is 18.3. The van der Waals surface area contributed by atoms with Crippen LogP contribution in [0.3, 0.4) is 0 Å². The van der Waals surface area contributed by atoms with E-state index in [1.165, 1.54) is 38.5 Å². The molecule has 184 valence electrons. The summed E-state index contributed by atoms with van der Waals surface area (Å²) in [6.07, 6.45) is 10.0. The standard InChI is InChI=1S/C14H17NO.C9H9NO.C5H10Br2/c1-16-13-7-5-12(6-8-13)14(11-15)9-3-2-4-10-14;1-11-9-4-2-8(3-5-9)6-7-10;6-4-2-1-3-5-7/h5-8H,2-4,9-10H2,1H3;2-5H,6H2,1H3;1-5H2. The molecule has 0 saturated heterocycles. The fourth-order valence-corrected chi connectivity index (χ4v) is 4.52. The van der Waals surface area contributed by atoms with Crippen molar-refractivity contribution in [3.05, 3.63) is 59.7 Å². The Kier molecular flexibility index (Phi) is 16.2. The molecule has 2 aromatic carbocycles. The first-order valence-corrected chi connectivity index (χ1v) is 14.0. The van der Waals surface area contributed by atoms with Crippen molar-refractivity contribution in [3.8, 4) is 23.6 Å². The van der Waals surface area contributed by atoms with Crippen LogP contribution in [0.25, 0.3) is 0 Å². The summed E-state index contributed by atoms with van der Waals surface area (Å²) < 4.78 is 10.1. The molecule has 0 atom stereocenters. The Hall–Kier alpha value is -2.02. The summed E-state index contributed by atoms with van der Waals surface area (Å²) in [5.74, 6) is 1.68. The molecule has 0 bridgehead atoms. The molecule has 1 aliphatic rings. The van der Waals surface area contributed by atoms with Gasteiger partial charge >= 0.3 is 0 Å². The normalized spacial score (nSPS) is 13.6. The molecule has 0 aromatic heterocycles. The van der Waals surface area contributed by atoms with Crippen molar-refractivity contribution in [1.29, 1.82) is 10.5 Å². The van der Waals surface area contributed by atoms with Gasteiger partial charge in [-0.1, -0.05) is 81.8 Å². The molecule has 0 aliphatic heterocycles.